The smallest absolute Gasteiger partial charge is 0.227 e. The number of rotatable bonds is 3. The lowest BCUT2D eigenvalue weighted by Crippen LogP contribution is -2.47. The molecule has 27 heavy (non-hydrogen) atoms. The van der Waals surface area contributed by atoms with E-state index in [9.17, 15) is 0 Å². The minimum Gasteiger partial charge on any atom is -0.356 e. The summed E-state index contributed by atoms with van der Waals surface area (Å²) in [6.07, 6.45) is 6.25. The third-order valence-corrected chi connectivity index (χ3v) is 5.39. The topological polar surface area (TPSA) is 65.7 Å². The minimum absolute atomic E-state index is 0.857. The highest BCUT2D eigenvalue weighted by Crippen LogP contribution is 2.23. The van der Waals surface area contributed by atoms with Gasteiger partial charge in [0.05, 0.1) is 6.20 Å². The molecule has 0 spiro atoms. The summed E-state index contributed by atoms with van der Waals surface area (Å²) in [4.78, 5) is 21.3. The van der Waals surface area contributed by atoms with Crippen molar-refractivity contribution in [2.45, 2.75) is 19.8 Å². The van der Waals surface area contributed by atoms with Crippen LogP contribution in [0.2, 0.25) is 0 Å². The maximum absolute atomic E-state index is 4.87. The Hall–Kier alpha value is -2.90. The van der Waals surface area contributed by atoms with Crippen molar-refractivity contribution in [1.29, 1.82) is 0 Å². The van der Waals surface area contributed by atoms with Crippen molar-refractivity contribution in [2.24, 2.45) is 0 Å². The van der Waals surface area contributed by atoms with Gasteiger partial charge in [-0.1, -0.05) is 0 Å². The largest absolute Gasteiger partial charge is 0.356 e. The van der Waals surface area contributed by atoms with Crippen LogP contribution in [0.15, 0.2) is 30.6 Å². The third kappa shape index (κ3) is 3.15. The molecular formula is C19H24N8. The second-order valence-corrected chi connectivity index (χ2v) is 7.26. The fourth-order valence-corrected chi connectivity index (χ4v) is 3.90. The highest BCUT2D eigenvalue weighted by molar-refractivity contribution is 5.50. The molecule has 3 aromatic heterocycles. The van der Waals surface area contributed by atoms with E-state index in [-0.39, 0.29) is 0 Å². The highest BCUT2D eigenvalue weighted by atomic mass is 15.4. The van der Waals surface area contributed by atoms with Gasteiger partial charge in [0.1, 0.15) is 11.6 Å². The van der Waals surface area contributed by atoms with Gasteiger partial charge in [0.25, 0.3) is 0 Å². The Morgan fingerprint density at radius 3 is 2.33 bits per heavy atom. The maximum atomic E-state index is 4.87. The Kier molecular flexibility index (Phi) is 4.03. The van der Waals surface area contributed by atoms with Gasteiger partial charge < -0.3 is 14.7 Å². The van der Waals surface area contributed by atoms with E-state index in [0.717, 1.165) is 68.2 Å². The first-order valence-electron chi connectivity index (χ1n) is 9.67. The van der Waals surface area contributed by atoms with Gasteiger partial charge >= 0.3 is 0 Å². The number of aromatic nitrogens is 5. The van der Waals surface area contributed by atoms with Crippen LogP contribution in [0, 0.1) is 6.92 Å². The molecule has 0 aromatic carbocycles. The molecule has 2 aliphatic rings. The van der Waals surface area contributed by atoms with Crippen molar-refractivity contribution in [2.75, 3.05) is 54.0 Å². The predicted octanol–water partition coefficient (Wildman–Crippen LogP) is 1.75. The van der Waals surface area contributed by atoms with Gasteiger partial charge in [-0.05, 0) is 25.8 Å². The van der Waals surface area contributed by atoms with Gasteiger partial charge in [-0.3, -0.25) is 0 Å². The summed E-state index contributed by atoms with van der Waals surface area (Å²) >= 11 is 0. The standard InChI is InChI=1S/C19H24N8/c1-15-14-18(24-7-2-3-8-24)23-19(21-15)26-12-10-25(11-13-26)16-5-9-27-17(22-16)4-6-20-27/h4-6,9,14H,2-3,7-8,10-13H2,1H3. The summed E-state index contributed by atoms with van der Waals surface area (Å²) in [6, 6.07) is 6.07. The van der Waals surface area contributed by atoms with Crippen LogP contribution in [0.5, 0.6) is 0 Å². The fourth-order valence-electron chi connectivity index (χ4n) is 3.90. The Morgan fingerprint density at radius 1 is 0.778 bits per heavy atom. The van der Waals surface area contributed by atoms with Gasteiger partial charge in [0.2, 0.25) is 5.95 Å². The molecular weight excluding hydrogens is 340 g/mol. The summed E-state index contributed by atoms with van der Waals surface area (Å²) in [7, 11) is 0. The van der Waals surface area contributed by atoms with Crippen molar-refractivity contribution in [3.05, 3.63) is 36.3 Å². The van der Waals surface area contributed by atoms with Crippen molar-refractivity contribution < 1.29 is 0 Å². The van der Waals surface area contributed by atoms with E-state index in [1.807, 2.05) is 18.3 Å². The summed E-state index contributed by atoms with van der Waals surface area (Å²) in [5.74, 6) is 2.94. The second-order valence-electron chi connectivity index (χ2n) is 7.26. The zero-order valence-electron chi connectivity index (χ0n) is 15.6. The molecule has 8 nitrogen and oxygen atoms in total. The molecule has 5 rings (SSSR count). The second kappa shape index (κ2) is 6.68. The number of piperazine rings is 1. The number of hydrogen-bond acceptors (Lipinski definition) is 7. The normalized spacial score (nSPS) is 17.9. The van der Waals surface area contributed by atoms with E-state index >= 15 is 0 Å². The first-order chi connectivity index (χ1) is 13.3. The molecule has 8 heteroatoms. The van der Waals surface area contributed by atoms with Crippen molar-refractivity contribution in [3.8, 4) is 0 Å². The summed E-state index contributed by atoms with van der Waals surface area (Å²) in [5.41, 5.74) is 1.92. The van der Waals surface area contributed by atoms with Crippen LogP contribution in [-0.2, 0) is 0 Å². The van der Waals surface area contributed by atoms with Gasteiger partial charge in [-0.15, -0.1) is 0 Å². The molecule has 0 unspecified atom stereocenters. The average Bonchev–Trinajstić information content (AvgIpc) is 3.39. The van der Waals surface area contributed by atoms with Crippen molar-refractivity contribution in [3.63, 3.8) is 0 Å². The van der Waals surface area contributed by atoms with Crippen LogP contribution in [0.4, 0.5) is 17.6 Å². The zero-order chi connectivity index (χ0) is 18.2. The molecule has 0 radical (unpaired) electrons. The number of anilines is 3. The van der Waals surface area contributed by atoms with Crippen LogP contribution in [-0.4, -0.2) is 63.8 Å². The summed E-state index contributed by atoms with van der Waals surface area (Å²) < 4.78 is 1.79. The van der Waals surface area contributed by atoms with Crippen LogP contribution >= 0.6 is 0 Å². The molecule has 3 aromatic rings. The first-order valence-corrected chi connectivity index (χ1v) is 9.67. The highest BCUT2D eigenvalue weighted by Gasteiger charge is 2.22. The number of hydrogen-bond donors (Lipinski definition) is 0. The quantitative estimate of drug-likeness (QED) is 0.701. The van der Waals surface area contributed by atoms with Crippen LogP contribution in [0.1, 0.15) is 18.5 Å². The van der Waals surface area contributed by atoms with Gasteiger partial charge in [-0.2, -0.15) is 10.1 Å². The van der Waals surface area contributed by atoms with Crippen LogP contribution in [0.3, 0.4) is 0 Å². The van der Waals surface area contributed by atoms with E-state index in [4.69, 9.17) is 15.0 Å². The average molecular weight is 364 g/mol. The molecule has 140 valence electrons. The predicted molar refractivity (Wildman–Crippen MR) is 106 cm³/mol. The van der Waals surface area contributed by atoms with Gasteiger partial charge in [0.15, 0.2) is 5.65 Å². The molecule has 0 bridgehead atoms. The first kappa shape index (κ1) is 16.3. The number of aryl methyl sites for hydroxylation is 1. The Balaban J connectivity index is 1.31. The Morgan fingerprint density at radius 2 is 1.52 bits per heavy atom. The lowest BCUT2D eigenvalue weighted by atomic mass is 10.3. The lowest BCUT2D eigenvalue weighted by molar-refractivity contribution is 0.633. The van der Waals surface area contributed by atoms with Crippen molar-refractivity contribution in [1.82, 2.24) is 24.6 Å². The van der Waals surface area contributed by atoms with Crippen molar-refractivity contribution >= 4 is 23.2 Å². The van der Waals surface area contributed by atoms with E-state index in [2.05, 4.69) is 32.8 Å². The maximum Gasteiger partial charge on any atom is 0.227 e. The monoisotopic (exact) mass is 364 g/mol. The SMILES string of the molecule is Cc1cc(N2CCCC2)nc(N2CCN(c3ccn4nccc4n3)CC2)n1. The third-order valence-electron chi connectivity index (χ3n) is 5.39. The molecule has 0 N–H and O–H groups in total. The molecule has 2 fully saturated rings. The fraction of sp³-hybridized carbons (Fsp3) is 0.474. The molecule has 5 heterocycles. The molecule has 0 atom stereocenters. The van der Waals surface area contributed by atoms with Crippen LogP contribution in [0.25, 0.3) is 5.65 Å². The van der Waals surface area contributed by atoms with E-state index < -0.39 is 0 Å². The van der Waals surface area contributed by atoms with Gasteiger partial charge in [-0.25, -0.2) is 14.5 Å². The lowest BCUT2D eigenvalue weighted by Gasteiger charge is -2.35. The Bertz CT molecular complexity index is 938. The molecule has 2 aliphatic heterocycles. The summed E-state index contributed by atoms with van der Waals surface area (Å²) in [6.45, 7) is 7.88. The van der Waals surface area contributed by atoms with Crippen LogP contribution < -0.4 is 14.7 Å². The number of fused-ring (bicyclic) bond motifs is 1. The molecule has 2 saturated heterocycles. The molecule has 0 amide bonds. The van der Waals surface area contributed by atoms with E-state index in [1.54, 1.807) is 10.7 Å². The molecule has 0 saturated carbocycles. The Labute approximate surface area is 158 Å². The zero-order valence-corrected chi connectivity index (χ0v) is 15.6. The van der Waals surface area contributed by atoms with Gasteiger partial charge in [0, 0.05) is 63.3 Å². The molecule has 0 aliphatic carbocycles. The minimum atomic E-state index is 0.857. The number of nitrogens with zero attached hydrogens (tertiary/aromatic N) is 8. The van der Waals surface area contributed by atoms with E-state index in [1.165, 1.54) is 12.8 Å². The van der Waals surface area contributed by atoms with E-state index in [0.29, 0.717) is 0 Å². The summed E-state index contributed by atoms with van der Waals surface area (Å²) in [5, 5.41) is 4.21.